The Labute approximate surface area is 36.5 Å². The first kappa shape index (κ1) is 5.03. The Bertz CT molecular complexity index is 98.6. The number of rotatable bonds is 0. The van der Waals surface area contributed by atoms with Crippen LogP contribution in [0.5, 0.6) is 0 Å². The number of nitrogens with zero attached hydrogens (tertiary/aromatic N) is 1. The molecule has 2 heteroatoms. The largest absolute Gasteiger partial charge is 0.410 e. The summed E-state index contributed by atoms with van der Waals surface area (Å²) in [5.41, 5.74) is 0.301. The van der Waals surface area contributed by atoms with Crippen molar-refractivity contribution < 1.29 is 5.21 Å². The van der Waals surface area contributed by atoms with Gasteiger partial charge in [0.05, 0.1) is 0 Å². The second-order valence-electron chi connectivity index (χ2n) is 0.830. The summed E-state index contributed by atoms with van der Waals surface area (Å²) in [6.07, 6.45) is 4.74. The van der Waals surface area contributed by atoms with Crippen molar-refractivity contribution in [2.75, 3.05) is 0 Å². The summed E-state index contributed by atoms with van der Waals surface area (Å²) in [5, 5.41) is 10.5. The standard InChI is InChI=1S/C4H5NO/c1-3-4(2)5-6/h1,6H,2H3/b5-4+. The van der Waals surface area contributed by atoms with Crippen molar-refractivity contribution in [1.29, 1.82) is 0 Å². The summed E-state index contributed by atoms with van der Waals surface area (Å²) in [5.74, 6) is 2.11. The summed E-state index contributed by atoms with van der Waals surface area (Å²) >= 11 is 0. The molecule has 0 aliphatic heterocycles. The van der Waals surface area contributed by atoms with Crippen molar-refractivity contribution in [3.05, 3.63) is 0 Å². The van der Waals surface area contributed by atoms with E-state index in [4.69, 9.17) is 11.6 Å². The van der Waals surface area contributed by atoms with E-state index in [9.17, 15) is 0 Å². The van der Waals surface area contributed by atoms with Gasteiger partial charge in [0.2, 0.25) is 0 Å². The van der Waals surface area contributed by atoms with Crippen LogP contribution in [0, 0.1) is 12.3 Å². The molecular formula is C4H5NO. The molecule has 0 aromatic heterocycles. The van der Waals surface area contributed by atoms with Crippen LogP contribution in [0.3, 0.4) is 0 Å². The van der Waals surface area contributed by atoms with E-state index in [-0.39, 0.29) is 0 Å². The third kappa shape index (κ3) is 1.36. The summed E-state index contributed by atoms with van der Waals surface area (Å²) in [4.78, 5) is 0. The SMILES string of the molecule is C#C/C(C)=N/O. The van der Waals surface area contributed by atoms with Crippen LogP contribution in [-0.4, -0.2) is 10.9 Å². The molecule has 0 radical (unpaired) electrons. The molecule has 0 saturated heterocycles. The third-order valence-corrected chi connectivity index (χ3v) is 0.359. The molecule has 0 aromatic rings. The van der Waals surface area contributed by atoms with E-state index in [1.165, 1.54) is 0 Å². The quantitative estimate of drug-likeness (QED) is 0.196. The molecule has 0 amide bonds. The molecule has 6 heavy (non-hydrogen) atoms. The van der Waals surface area contributed by atoms with Crippen LogP contribution in [-0.2, 0) is 0 Å². The Morgan fingerprint density at radius 2 is 2.50 bits per heavy atom. The van der Waals surface area contributed by atoms with Gasteiger partial charge in [0.25, 0.3) is 0 Å². The smallest absolute Gasteiger partial charge is 0.126 e. The first-order valence-corrected chi connectivity index (χ1v) is 1.46. The molecule has 0 saturated carbocycles. The lowest BCUT2D eigenvalue weighted by Crippen LogP contribution is -1.79. The maximum atomic E-state index is 7.78. The van der Waals surface area contributed by atoms with Crippen LogP contribution in [0.4, 0.5) is 0 Å². The minimum atomic E-state index is 0.301. The molecule has 2 nitrogen and oxygen atoms in total. The van der Waals surface area contributed by atoms with Crippen molar-refractivity contribution >= 4 is 5.71 Å². The van der Waals surface area contributed by atoms with Gasteiger partial charge in [-0.2, -0.15) is 0 Å². The maximum absolute atomic E-state index is 7.78. The number of hydrogen-bond donors (Lipinski definition) is 1. The number of terminal acetylenes is 1. The molecule has 0 atom stereocenters. The van der Waals surface area contributed by atoms with Crippen LogP contribution in [0.15, 0.2) is 5.16 Å². The predicted molar refractivity (Wildman–Crippen MR) is 23.7 cm³/mol. The van der Waals surface area contributed by atoms with E-state index in [0.29, 0.717) is 5.71 Å². The lowest BCUT2D eigenvalue weighted by Gasteiger charge is -1.72. The number of hydrogen-bond acceptors (Lipinski definition) is 2. The van der Waals surface area contributed by atoms with Crippen LogP contribution in [0.1, 0.15) is 6.92 Å². The fourth-order valence-electron chi connectivity index (χ4n) is 0.0289. The van der Waals surface area contributed by atoms with Gasteiger partial charge in [-0.15, -0.1) is 6.42 Å². The highest BCUT2D eigenvalue weighted by Gasteiger charge is 1.72. The first-order valence-electron chi connectivity index (χ1n) is 1.46. The second kappa shape index (κ2) is 2.28. The second-order valence-corrected chi connectivity index (χ2v) is 0.830. The predicted octanol–water partition coefficient (Wildman–Crippen LogP) is 0.470. The average Bonchev–Trinajstić information content (AvgIpc) is 1.65. The molecule has 1 N–H and O–H groups in total. The maximum Gasteiger partial charge on any atom is 0.126 e. The van der Waals surface area contributed by atoms with Gasteiger partial charge < -0.3 is 5.21 Å². The van der Waals surface area contributed by atoms with Gasteiger partial charge in [0.1, 0.15) is 5.71 Å². The van der Waals surface area contributed by atoms with Gasteiger partial charge >= 0.3 is 0 Å². The van der Waals surface area contributed by atoms with E-state index >= 15 is 0 Å². The molecule has 0 aromatic carbocycles. The third-order valence-electron chi connectivity index (χ3n) is 0.359. The van der Waals surface area contributed by atoms with Gasteiger partial charge in [-0.3, -0.25) is 0 Å². The Kier molecular flexibility index (Phi) is 1.91. The fraction of sp³-hybridized carbons (Fsp3) is 0.250. The summed E-state index contributed by atoms with van der Waals surface area (Å²) in [6.45, 7) is 1.54. The minimum absolute atomic E-state index is 0.301. The molecule has 0 fully saturated rings. The Morgan fingerprint density at radius 3 is 2.50 bits per heavy atom. The summed E-state index contributed by atoms with van der Waals surface area (Å²) < 4.78 is 0. The van der Waals surface area contributed by atoms with Crippen molar-refractivity contribution in [2.45, 2.75) is 6.92 Å². The van der Waals surface area contributed by atoms with Gasteiger partial charge in [0, 0.05) is 0 Å². The van der Waals surface area contributed by atoms with Crippen molar-refractivity contribution in [3.8, 4) is 12.3 Å². The number of oxime groups is 1. The van der Waals surface area contributed by atoms with Crippen LogP contribution in [0.2, 0.25) is 0 Å². The molecule has 0 bridgehead atoms. The van der Waals surface area contributed by atoms with E-state index in [1.807, 2.05) is 0 Å². The molecule has 0 aliphatic carbocycles. The zero-order valence-corrected chi connectivity index (χ0v) is 3.47. The Hall–Kier alpha value is -0.970. The van der Waals surface area contributed by atoms with Crippen molar-refractivity contribution in [3.63, 3.8) is 0 Å². The van der Waals surface area contributed by atoms with Gasteiger partial charge in [0.15, 0.2) is 0 Å². The summed E-state index contributed by atoms with van der Waals surface area (Å²) in [7, 11) is 0. The molecule has 0 heterocycles. The topological polar surface area (TPSA) is 32.6 Å². The molecule has 0 spiro atoms. The molecule has 32 valence electrons. The van der Waals surface area contributed by atoms with Crippen molar-refractivity contribution in [2.24, 2.45) is 5.16 Å². The lowest BCUT2D eigenvalue weighted by molar-refractivity contribution is 0.319. The highest BCUT2D eigenvalue weighted by atomic mass is 16.4. The van der Waals surface area contributed by atoms with E-state index < -0.39 is 0 Å². The fourth-order valence-corrected chi connectivity index (χ4v) is 0.0289. The van der Waals surface area contributed by atoms with Crippen LogP contribution >= 0.6 is 0 Å². The van der Waals surface area contributed by atoms with E-state index in [0.717, 1.165) is 0 Å². The first-order chi connectivity index (χ1) is 2.81. The zero-order valence-electron chi connectivity index (χ0n) is 3.47. The van der Waals surface area contributed by atoms with Gasteiger partial charge in [-0.25, -0.2) is 0 Å². The zero-order chi connectivity index (χ0) is 4.99. The lowest BCUT2D eigenvalue weighted by atomic mass is 10.5. The molecule has 0 rings (SSSR count). The minimum Gasteiger partial charge on any atom is -0.410 e. The van der Waals surface area contributed by atoms with E-state index in [1.54, 1.807) is 6.92 Å². The Balaban J connectivity index is 3.61. The van der Waals surface area contributed by atoms with Crippen LogP contribution < -0.4 is 0 Å². The van der Waals surface area contributed by atoms with Gasteiger partial charge in [-0.05, 0) is 6.92 Å². The molecule has 0 unspecified atom stereocenters. The monoisotopic (exact) mass is 83.0 g/mol. The molecule has 0 aliphatic rings. The highest BCUT2D eigenvalue weighted by Crippen LogP contribution is 1.64. The highest BCUT2D eigenvalue weighted by molar-refractivity contribution is 5.97. The van der Waals surface area contributed by atoms with E-state index in [2.05, 4.69) is 11.1 Å². The summed E-state index contributed by atoms with van der Waals surface area (Å²) in [6, 6.07) is 0. The van der Waals surface area contributed by atoms with Crippen molar-refractivity contribution in [1.82, 2.24) is 0 Å². The molecular weight excluding hydrogens is 78.0 g/mol. The van der Waals surface area contributed by atoms with Crippen LogP contribution in [0.25, 0.3) is 0 Å². The average molecular weight is 83.1 g/mol. The Morgan fingerprint density at radius 1 is 2.00 bits per heavy atom. The normalized spacial score (nSPS) is 10.3. The van der Waals surface area contributed by atoms with Gasteiger partial charge in [-0.1, -0.05) is 11.1 Å².